The fourth-order valence-corrected chi connectivity index (χ4v) is 1.87. The van der Waals surface area contributed by atoms with Crippen molar-refractivity contribution in [2.45, 2.75) is 46.0 Å². The topological polar surface area (TPSA) is 26.3 Å². The second-order valence-electron chi connectivity index (χ2n) is 4.70. The molecule has 19 heavy (non-hydrogen) atoms. The number of hydrogen-bond donors (Lipinski definition) is 0. The third kappa shape index (κ3) is 5.29. The number of unbranched alkanes of at least 4 members (excludes halogenated alkanes) is 2. The highest BCUT2D eigenvalue weighted by Crippen LogP contribution is 2.18. The molecule has 0 N–H and O–H groups in total. The van der Waals surface area contributed by atoms with Crippen LogP contribution in [0, 0.1) is 0 Å². The van der Waals surface area contributed by atoms with Crippen LogP contribution in [-0.4, -0.2) is 12.6 Å². The lowest BCUT2D eigenvalue weighted by atomic mass is 9.99. The molecule has 1 aromatic carbocycles. The predicted octanol–water partition coefficient (Wildman–Crippen LogP) is 4.71. The number of ether oxygens (including phenoxy) is 1. The molecule has 0 radical (unpaired) electrons. The standard InChI is InChI=1S/C17H24O2/c1-4-6-7-8-9-14(3)15-10-12-16(13-11-15)17(18)19-5-2/h8-14H,4-7H2,1-3H3/b9-8+/t14-/m1/s1. The molecule has 0 aliphatic heterocycles. The van der Waals surface area contributed by atoms with Crippen LogP contribution < -0.4 is 0 Å². The van der Waals surface area contributed by atoms with Crippen LogP contribution in [0.3, 0.4) is 0 Å². The monoisotopic (exact) mass is 260 g/mol. The third-order valence-corrected chi connectivity index (χ3v) is 3.10. The normalized spacial score (nSPS) is 12.6. The molecule has 0 aliphatic rings. The SMILES string of the molecule is CCCC/C=C/[C@@H](C)c1ccc(C(=O)OCC)cc1. The maximum Gasteiger partial charge on any atom is 0.338 e. The van der Waals surface area contributed by atoms with Gasteiger partial charge in [0.15, 0.2) is 0 Å². The number of benzene rings is 1. The average molecular weight is 260 g/mol. The Morgan fingerprint density at radius 1 is 1.26 bits per heavy atom. The molecule has 0 saturated heterocycles. The summed E-state index contributed by atoms with van der Waals surface area (Å²) in [6, 6.07) is 7.68. The Hall–Kier alpha value is -1.57. The van der Waals surface area contributed by atoms with Gasteiger partial charge in [0.25, 0.3) is 0 Å². The molecule has 2 nitrogen and oxygen atoms in total. The summed E-state index contributed by atoms with van der Waals surface area (Å²) in [4.78, 5) is 11.5. The highest BCUT2D eigenvalue weighted by atomic mass is 16.5. The van der Waals surface area contributed by atoms with E-state index in [1.165, 1.54) is 18.4 Å². The van der Waals surface area contributed by atoms with Crippen LogP contribution in [0.4, 0.5) is 0 Å². The number of hydrogen-bond acceptors (Lipinski definition) is 2. The quantitative estimate of drug-likeness (QED) is 0.403. The van der Waals surface area contributed by atoms with Crippen LogP contribution in [0.15, 0.2) is 36.4 Å². The van der Waals surface area contributed by atoms with Crippen LogP contribution in [0.5, 0.6) is 0 Å². The molecule has 1 rings (SSSR count). The zero-order valence-electron chi connectivity index (χ0n) is 12.2. The maximum atomic E-state index is 11.5. The van der Waals surface area contributed by atoms with E-state index in [9.17, 15) is 4.79 Å². The minimum atomic E-state index is -0.250. The molecular formula is C17H24O2. The molecule has 0 aromatic heterocycles. The van der Waals surface area contributed by atoms with E-state index in [1.54, 1.807) is 0 Å². The summed E-state index contributed by atoms with van der Waals surface area (Å²) in [6.45, 7) is 6.60. The molecular weight excluding hydrogens is 236 g/mol. The molecule has 0 heterocycles. The van der Waals surface area contributed by atoms with Gasteiger partial charge in [-0.1, -0.05) is 51.0 Å². The van der Waals surface area contributed by atoms with Gasteiger partial charge in [0.05, 0.1) is 12.2 Å². The summed E-state index contributed by atoms with van der Waals surface area (Å²) in [5.74, 6) is 0.133. The number of allylic oxidation sites excluding steroid dienone is 2. The van der Waals surface area contributed by atoms with Gasteiger partial charge in [-0.15, -0.1) is 0 Å². The van der Waals surface area contributed by atoms with Gasteiger partial charge in [-0.25, -0.2) is 4.79 Å². The Bertz CT molecular complexity index is 404. The van der Waals surface area contributed by atoms with E-state index < -0.39 is 0 Å². The van der Waals surface area contributed by atoms with E-state index in [-0.39, 0.29) is 5.97 Å². The number of carbonyl (C=O) groups excluding carboxylic acids is 1. The van der Waals surface area contributed by atoms with Gasteiger partial charge in [0.1, 0.15) is 0 Å². The van der Waals surface area contributed by atoms with E-state index in [2.05, 4.69) is 26.0 Å². The zero-order valence-corrected chi connectivity index (χ0v) is 12.2. The molecule has 0 bridgehead atoms. The molecule has 2 heteroatoms. The van der Waals surface area contributed by atoms with E-state index in [0.29, 0.717) is 18.1 Å². The van der Waals surface area contributed by atoms with Crippen LogP contribution in [0.1, 0.15) is 61.9 Å². The summed E-state index contributed by atoms with van der Waals surface area (Å²) >= 11 is 0. The molecule has 0 fully saturated rings. The molecule has 0 spiro atoms. The fourth-order valence-electron chi connectivity index (χ4n) is 1.87. The van der Waals surface area contributed by atoms with Gasteiger partial charge in [0.2, 0.25) is 0 Å². The Morgan fingerprint density at radius 3 is 2.53 bits per heavy atom. The lowest BCUT2D eigenvalue weighted by Crippen LogP contribution is -2.04. The van der Waals surface area contributed by atoms with Crippen LogP contribution in [0.2, 0.25) is 0 Å². The van der Waals surface area contributed by atoms with Crippen molar-refractivity contribution in [1.29, 1.82) is 0 Å². The smallest absolute Gasteiger partial charge is 0.338 e. The first kappa shape index (κ1) is 15.5. The molecule has 0 amide bonds. The third-order valence-electron chi connectivity index (χ3n) is 3.10. The second kappa shape index (κ2) is 8.52. The van der Waals surface area contributed by atoms with Crippen molar-refractivity contribution in [3.63, 3.8) is 0 Å². The molecule has 0 unspecified atom stereocenters. The second-order valence-corrected chi connectivity index (χ2v) is 4.70. The highest BCUT2D eigenvalue weighted by molar-refractivity contribution is 5.89. The molecule has 1 atom stereocenters. The fraction of sp³-hybridized carbons (Fsp3) is 0.471. The summed E-state index contributed by atoms with van der Waals surface area (Å²) in [5.41, 5.74) is 1.84. The number of rotatable bonds is 7. The predicted molar refractivity (Wildman–Crippen MR) is 79.5 cm³/mol. The van der Waals surface area contributed by atoms with Crippen molar-refractivity contribution in [2.75, 3.05) is 6.61 Å². The first-order valence-electron chi connectivity index (χ1n) is 7.12. The van der Waals surface area contributed by atoms with Gasteiger partial charge in [-0.2, -0.15) is 0 Å². The summed E-state index contributed by atoms with van der Waals surface area (Å²) in [5, 5.41) is 0. The largest absolute Gasteiger partial charge is 0.462 e. The van der Waals surface area contributed by atoms with Crippen molar-refractivity contribution in [3.05, 3.63) is 47.5 Å². The van der Waals surface area contributed by atoms with Crippen LogP contribution in [-0.2, 0) is 4.74 Å². The number of esters is 1. The highest BCUT2D eigenvalue weighted by Gasteiger charge is 2.07. The summed E-state index contributed by atoms with van der Waals surface area (Å²) < 4.78 is 4.97. The average Bonchev–Trinajstić information content (AvgIpc) is 2.44. The minimum Gasteiger partial charge on any atom is -0.462 e. The number of carbonyl (C=O) groups is 1. The van der Waals surface area contributed by atoms with Crippen molar-refractivity contribution in [3.8, 4) is 0 Å². The Labute approximate surface area is 116 Å². The Morgan fingerprint density at radius 2 is 1.95 bits per heavy atom. The Kier molecular flexibility index (Phi) is 6.94. The summed E-state index contributed by atoms with van der Waals surface area (Å²) in [7, 11) is 0. The van der Waals surface area contributed by atoms with Gasteiger partial charge in [-0.3, -0.25) is 0 Å². The minimum absolute atomic E-state index is 0.250. The van der Waals surface area contributed by atoms with Crippen molar-refractivity contribution in [1.82, 2.24) is 0 Å². The lowest BCUT2D eigenvalue weighted by Gasteiger charge is -2.08. The zero-order chi connectivity index (χ0) is 14.1. The van der Waals surface area contributed by atoms with Crippen molar-refractivity contribution in [2.24, 2.45) is 0 Å². The van der Waals surface area contributed by atoms with E-state index >= 15 is 0 Å². The van der Waals surface area contributed by atoms with Crippen molar-refractivity contribution < 1.29 is 9.53 Å². The van der Waals surface area contributed by atoms with E-state index in [4.69, 9.17) is 4.74 Å². The lowest BCUT2D eigenvalue weighted by molar-refractivity contribution is 0.0526. The van der Waals surface area contributed by atoms with Gasteiger partial charge in [0, 0.05) is 0 Å². The van der Waals surface area contributed by atoms with Crippen LogP contribution in [0.25, 0.3) is 0 Å². The first-order valence-corrected chi connectivity index (χ1v) is 7.12. The Balaban J connectivity index is 2.60. The molecule has 0 aliphatic carbocycles. The van der Waals surface area contributed by atoms with E-state index in [0.717, 1.165) is 6.42 Å². The van der Waals surface area contributed by atoms with Gasteiger partial charge >= 0.3 is 5.97 Å². The van der Waals surface area contributed by atoms with Crippen molar-refractivity contribution >= 4 is 5.97 Å². The van der Waals surface area contributed by atoms with Gasteiger partial charge in [-0.05, 0) is 37.0 Å². The first-order chi connectivity index (χ1) is 9.19. The molecule has 0 saturated carbocycles. The summed E-state index contributed by atoms with van der Waals surface area (Å²) in [6.07, 6.45) is 8.09. The van der Waals surface area contributed by atoms with Gasteiger partial charge < -0.3 is 4.74 Å². The maximum absolute atomic E-state index is 11.5. The van der Waals surface area contributed by atoms with E-state index in [1.807, 2.05) is 31.2 Å². The molecule has 104 valence electrons. The van der Waals surface area contributed by atoms with Crippen LogP contribution >= 0.6 is 0 Å². The molecule has 1 aromatic rings.